The Morgan fingerprint density at radius 3 is 0.897 bits per heavy atom. The second-order valence-electron chi connectivity index (χ2n) is 18.5. The van der Waals surface area contributed by atoms with E-state index in [4.69, 9.17) is 4.74 Å². The molecule has 1 amide bonds. The van der Waals surface area contributed by atoms with Crippen LogP contribution in [0.5, 0.6) is 0 Å². The molecule has 0 heterocycles. The molecular formula is C55H107NO2. The number of nitrogens with zero attached hydrogens (tertiary/aromatic N) is 1. The average molecular weight is 814 g/mol. The van der Waals surface area contributed by atoms with Crippen molar-refractivity contribution in [1.29, 1.82) is 0 Å². The lowest BCUT2D eigenvalue weighted by Gasteiger charge is -2.23. The van der Waals surface area contributed by atoms with E-state index in [-0.39, 0.29) is 12.2 Å². The van der Waals surface area contributed by atoms with E-state index in [0.29, 0.717) is 0 Å². The van der Waals surface area contributed by atoms with E-state index < -0.39 is 0 Å². The summed E-state index contributed by atoms with van der Waals surface area (Å²) in [7, 11) is 1.95. The number of amides is 1. The van der Waals surface area contributed by atoms with Crippen molar-refractivity contribution >= 4 is 6.09 Å². The zero-order chi connectivity index (χ0) is 42.1. The van der Waals surface area contributed by atoms with Gasteiger partial charge in [-0.25, -0.2) is 4.79 Å². The maximum absolute atomic E-state index is 13.1. The summed E-state index contributed by atoms with van der Waals surface area (Å²) in [5.74, 6) is 0. The van der Waals surface area contributed by atoms with Crippen molar-refractivity contribution in [2.24, 2.45) is 0 Å². The number of allylic oxidation sites excluding steroid dienone is 4. The van der Waals surface area contributed by atoms with Gasteiger partial charge in [0.15, 0.2) is 0 Å². The highest BCUT2D eigenvalue weighted by Crippen LogP contribution is 2.19. The molecule has 0 rings (SSSR count). The molecule has 0 radical (unpaired) electrons. The number of carbonyl (C=O) groups excluding carboxylic acids is 1. The summed E-state index contributed by atoms with van der Waals surface area (Å²) < 4.78 is 6.20. The van der Waals surface area contributed by atoms with Gasteiger partial charge in [-0.3, -0.25) is 0 Å². The normalized spacial score (nSPS) is 12.3. The monoisotopic (exact) mass is 814 g/mol. The molecule has 0 saturated carbocycles. The predicted molar refractivity (Wildman–Crippen MR) is 261 cm³/mol. The molecule has 0 aromatic carbocycles. The van der Waals surface area contributed by atoms with E-state index in [1.165, 1.54) is 263 Å². The predicted octanol–water partition coefficient (Wildman–Crippen LogP) is 19.8. The molecule has 0 saturated heterocycles. The number of unbranched alkanes of at least 4 members (excludes halogenated alkanes) is 37. The highest BCUT2D eigenvalue weighted by Gasteiger charge is 2.17. The molecule has 1 atom stereocenters. The smallest absolute Gasteiger partial charge is 0.409 e. The Labute approximate surface area is 366 Å². The first-order valence-corrected chi connectivity index (χ1v) is 26.9. The van der Waals surface area contributed by atoms with Crippen LogP contribution >= 0.6 is 0 Å². The van der Waals surface area contributed by atoms with Gasteiger partial charge in [0.05, 0.1) is 0 Å². The number of ether oxygens (including phenoxy) is 1. The van der Waals surface area contributed by atoms with E-state index in [0.717, 1.165) is 25.8 Å². The minimum absolute atomic E-state index is 0.0875. The average Bonchev–Trinajstić information content (AvgIpc) is 3.23. The highest BCUT2D eigenvalue weighted by atomic mass is 16.6. The van der Waals surface area contributed by atoms with Gasteiger partial charge in [-0.2, -0.15) is 0 Å². The summed E-state index contributed by atoms with van der Waals surface area (Å²) in [5.41, 5.74) is 0. The van der Waals surface area contributed by atoms with Gasteiger partial charge in [0.1, 0.15) is 6.10 Å². The van der Waals surface area contributed by atoms with Crippen LogP contribution in [-0.4, -0.2) is 30.7 Å². The second kappa shape index (κ2) is 50.1. The third-order valence-corrected chi connectivity index (χ3v) is 12.5. The van der Waals surface area contributed by atoms with Crippen molar-refractivity contribution in [3.63, 3.8) is 0 Å². The quantitative estimate of drug-likeness (QED) is 0.0452. The zero-order valence-electron chi connectivity index (χ0n) is 40.5. The highest BCUT2D eigenvalue weighted by molar-refractivity contribution is 5.67. The van der Waals surface area contributed by atoms with Gasteiger partial charge in [0.2, 0.25) is 0 Å². The van der Waals surface area contributed by atoms with Crippen molar-refractivity contribution in [2.45, 2.75) is 309 Å². The number of carbonyl (C=O) groups is 1. The number of hydrogen-bond acceptors (Lipinski definition) is 2. The Morgan fingerprint density at radius 2 is 0.603 bits per heavy atom. The van der Waals surface area contributed by atoms with Crippen molar-refractivity contribution in [3.8, 4) is 0 Å². The fraction of sp³-hybridized carbons (Fsp3) is 0.909. The summed E-state index contributed by atoms with van der Waals surface area (Å²) in [6.45, 7) is 7.70. The largest absolute Gasteiger partial charge is 0.446 e. The summed E-state index contributed by atoms with van der Waals surface area (Å²) >= 11 is 0. The minimum atomic E-state index is -0.0876. The van der Waals surface area contributed by atoms with Gasteiger partial charge in [-0.15, -0.1) is 0 Å². The molecule has 0 spiro atoms. The summed E-state index contributed by atoms with van der Waals surface area (Å²) in [4.78, 5) is 15.0. The third kappa shape index (κ3) is 45.8. The van der Waals surface area contributed by atoms with Crippen LogP contribution in [-0.2, 0) is 4.74 Å². The fourth-order valence-corrected chi connectivity index (χ4v) is 8.37. The molecule has 0 fully saturated rings. The van der Waals surface area contributed by atoms with Gasteiger partial charge < -0.3 is 9.64 Å². The van der Waals surface area contributed by atoms with Crippen LogP contribution in [0.2, 0.25) is 0 Å². The molecule has 0 aliphatic rings. The minimum Gasteiger partial charge on any atom is -0.446 e. The molecule has 0 aromatic heterocycles. The van der Waals surface area contributed by atoms with Crippen molar-refractivity contribution in [1.82, 2.24) is 4.90 Å². The summed E-state index contributed by atoms with van der Waals surface area (Å²) in [5, 5.41) is 0. The molecule has 1 unspecified atom stereocenters. The molecule has 0 N–H and O–H groups in total. The maximum Gasteiger partial charge on any atom is 0.409 e. The molecule has 0 bridgehead atoms. The van der Waals surface area contributed by atoms with Gasteiger partial charge in [0, 0.05) is 13.6 Å². The molecule has 0 aliphatic carbocycles. The van der Waals surface area contributed by atoms with Crippen LogP contribution in [0.15, 0.2) is 24.3 Å². The fourth-order valence-electron chi connectivity index (χ4n) is 8.37. The van der Waals surface area contributed by atoms with Crippen LogP contribution in [0.1, 0.15) is 303 Å². The lowest BCUT2D eigenvalue weighted by molar-refractivity contribution is 0.0579. The van der Waals surface area contributed by atoms with E-state index in [1.54, 1.807) is 0 Å². The Kier molecular flexibility index (Phi) is 49.0. The van der Waals surface area contributed by atoms with E-state index in [1.807, 2.05) is 11.9 Å². The van der Waals surface area contributed by atoms with Crippen LogP contribution in [0.3, 0.4) is 0 Å². The standard InChI is InChI=1S/C55H107NO2/c1-5-8-11-14-17-20-23-25-27-29-31-33-35-37-40-43-46-49-52-54(58-55(57)56(4)53-50-47-44-41-38-22-19-16-13-10-7-3)51-48-45-42-39-36-34-32-30-28-26-24-21-18-15-12-9-6-2/h25-28,54H,5-24,29-53H2,1-4H3/b27-25-,28-26-. The SMILES string of the molecule is CCCCCCCC/C=C\CCCCCCCCCCC(CCCCCCCCC/C=C\CCCCCCCC)OC(=O)N(C)CCCCCCCCCCCCC. The maximum atomic E-state index is 13.1. The Hall–Kier alpha value is -1.25. The molecular weight excluding hydrogens is 707 g/mol. The van der Waals surface area contributed by atoms with Gasteiger partial charge in [-0.05, 0) is 83.5 Å². The van der Waals surface area contributed by atoms with E-state index in [2.05, 4.69) is 45.1 Å². The second-order valence-corrected chi connectivity index (χ2v) is 18.5. The first kappa shape index (κ1) is 56.8. The Bertz CT molecular complexity index is 836. The molecule has 58 heavy (non-hydrogen) atoms. The number of hydrogen-bond donors (Lipinski definition) is 0. The first-order chi connectivity index (χ1) is 28.7. The molecule has 344 valence electrons. The molecule has 3 nitrogen and oxygen atoms in total. The topological polar surface area (TPSA) is 29.5 Å². The van der Waals surface area contributed by atoms with Crippen LogP contribution in [0, 0.1) is 0 Å². The molecule has 3 heteroatoms. The Morgan fingerprint density at radius 1 is 0.362 bits per heavy atom. The van der Waals surface area contributed by atoms with Crippen LogP contribution in [0.25, 0.3) is 0 Å². The zero-order valence-corrected chi connectivity index (χ0v) is 40.5. The van der Waals surface area contributed by atoms with Gasteiger partial charge >= 0.3 is 6.09 Å². The summed E-state index contributed by atoms with van der Waals surface area (Å²) in [6.07, 6.45) is 68.2. The Balaban J connectivity index is 4.23. The summed E-state index contributed by atoms with van der Waals surface area (Å²) in [6, 6.07) is 0. The van der Waals surface area contributed by atoms with Crippen molar-refractivity contribution in [2.75, 3.05) is 13.6 Å². The molecule has 0 aliphatic heterocycles. The number of rotatable bonds is 48. The van der Waals surface area contributed by atoms with Crippen molar-refractivity contribution < 1.29 is 9.53 Å². The lowest BCUT2D eigenvalue weighted by Crippen LogP contribution is -2.32. The third-order valence-electron chi connectivity index (χ3n) is 12.5. The van der Waals surface area contributed by atoms with Crippen LogP contribution < -0.4 is 0 Å². The van der Waals surface area contributed by atoms with E-state index in [9.17, 15) is 4.79 Å². The van der Waals surface area contributed by atoms with Gasteiger partial charge in [-0.1, -0.05) is 244 Å². The first-order valence-electron chi connectivity index (χ1n) is 26.9. The van der Waals surface area contributed by atoms with Gasteiger partial charge in [0.25, 0.3) is 0 Å². The van der Waals surface area contributed by atoms with E-state index >= 15 is 0 Å². The molecule has 0 aromatic rings. The van der Waals surface area contributed by atoms with Crippen LogP contribution in [0.4, 0.5) is 4.79 Å². The van der Waals surface area contributed by atoms with Crippen molar-refractivity contribution in [3.05, 3.63) is 24.3 Å². The lowest BCUT2D eigenvalue weighted by atomic mass is 10.0.